The van der Waals surface area contributed by atoms with Gasteiger partial charge in [0, 0.05) is 5.69 Å². The quantitative estimate of drug-likeness (QED) is 0.271. The number of methoxy groups -OCH3 is 1. The lowest BCUT2D eigenvalue weighted by atomic mass is 9.93. The van der Waals surface area contributed by atoms with Gasteiger partial charge in [-0.25, -0.2) is 0 Å². The molecular weight excluding hydrogens is 442 g/mol. The van der Waals surface area contributed by atoms with E-state index in [1.165, 1.54) is 12.0 Å². The Hall–Kier alpha value is -4.06. The number of hydrogen-bond acceptors (Lipinski definition) is 5. The predicted octanol–water partition coefficient (Wildman–Crippen LogP) is 5.73. The Morgan fingerprint density at radius 3 is 2.31 bits per heavy atom. The van der Waals surface area contributed by atoms with Crippen LogP contribution in [0.2, 0.25) is 0 Å². The topological polar surface area (TPSA) is 76.1 Å². The molecule has 0 aromatic heterocycles. The van der Waals surface area contributed by atoms with E-state index < -0.39 is 17.7 Å². The van der Waals surface area contributed by atoms with Gasteiger partial charge in [0.25, 0.3) is 11.7 Å². The van der Waals surface area contributed by atoms with E-state index in [1.54, 1.807) is 30.3 Å². The van der Waals surface area contributed by atoms with E-state index in [-0.39, 0.29) is 11.3 Å². The summed E-state index contributed by atoms with van der Waals surface area (Å²) in [6.45, 7) is 6.40. The van der Waals surface area contributed by atoms with Gasteiger partial charge in [0.15, 0.2) is 0 Å². The molecule has 4 rings (SSSR count). The Labute approximate surface area is 205 Å². The third kappa shape index (κ3) is 4.52. The molecule has 0 spiro atoms. The maximum atomic E-state index is 13.4. The van der Waals surface area contributed by atoms with Crippen LogP contribution in [-0.2, 0) is 9.59 Å². The Morgan fingerprint density at radius 1 is 1.00 bits per heavy atom. The van der Waals surface area contributed by atoms with E-state index in [2.05, 4.69) is 0 Å². The minimum Gasteiger partial charge on any atom is -0.507 e. The van der Waals surface area contributed by atoms with Gasteiger partial charge in [0.05, 0.1) is 30.9 Å². The van der Waals surface area contributed by atoms with E-state index in [9.17, 15) is 14.7 Å². The van der Waals surface area contributed by atoms with Crippen molar-refractivity contribution in [2.75, 3.05) is 18.6 Å². The van der Waals surface area contributed by atoms with Crippen LogP contribution in [0.1, 0.15) is 41.6 Å². The number of aryl methyl sites for hydroxylation is 2. The number of carbonyl (C=O) groups is 2. The second kappa shape index (κ2) is 10.1. The van der Waals surface area contributed by atoms with Crippen molar-refractivity contribution in [3.63, 3.8) is 0 Å². The number of hydrogen-bond donors (Lipinski definition) is 1. The van der Waals surface area contributed by atoms with E-state index in [0.29, 0.717) is 34.9 Å². The maximum Gasteiger partial charge on any atom is 0.300 e. The molecule has 1 N–H and O–H groups in total. The highest BCUT2D eigenvalue weighted by atomic mass is 16.5. The largest absolute Gasteiger partial charge is 0.507 e. The Morgan fingerprint density at radius 2 is 1.69 bits per heavy atom. The van der Waals surface area contributed by atoms with Crippen molar-refractivity contribution >= 4 is 23.1 Å². The van der Waals surface area contributed by atoms with Crippen LogP contribution in [0.4, 0.5) is 5.69 Å². The van der Waals surface area contributed by atoms with Gasteiger partial charge in [-0.1, -0.05) is 43.3 Å². The average molecular weight is 472 g/mol. The predicted molar refractivity (Wildman–Crippen MR) is 136 cm³/mol. The number of benzene rings is 3. The van der Waals surface area contributed by atoms with Crippen LogP contribution < -0.4 is 14.4 Å². The van der Waals surface area contributed by atoms with E-state index in [4.69, 9.17) is 9.47 Å². The fourth-order valence-electron chi connectivity index (χ4n) is 4.52. The van der Waals surface area contributed by atoms with Gasteiger partial charge >= 0.3 is 0 Å². The lowest BCUT2D eigenvalue weighted by Gasteiger charge is -2.26. The third-order valence-electron chi connectivity index (χ3n) is 6.03. The summed E-state index contributed by atoms with van der Waals surface area (Å²) in [7, 11) is 1.52. The normalized spacial score (nSPS) is 17.0. The van der Waals surface area contributed by atoms with Gasteiger partial charge in [0.1, 0.15) is 17.3 Å². The molecule has 6 nitrogen and oxygen atoms in total. The molecule has 3 aromatic carbocycles. The Balaban J connectivity index is 1.93. The number of ketones is 1. The van der Waals surface area contributed by atoms with E-state index in [0.717, 1.165) is 17.5 Å². The van der Waals surface area contributed by atoms with Crippen molar-refractivity contribution < 1.29 is 24.2 Å². The molecular formula is C29H29NO5. The van der Waals surface area contributed by atoms with Gasteiger partial charge in [-0.3, -0.25) is 14.5 Å². The van der Waals surface area contributed by atoms with Crippen LogP contribution in [0.25, 0.3) is 5.76 Å². The summed E-state index contributed by atoms with van der Waals surface area (Å²) in [5, 5.41) is 11.5. The van der Waals surface area contributed by atoms with Gasteiger partial charge in [-0.2, -0.15) is 0 Å². The van der Waals surface area contributed by atoms with Crippen molar-refractivity contribution in [2.24, 2.45) is 0 Å². The molecule has 180 valence electrons. The minimum atomic E-state index is -0.817. The first-order valence-electron chi connectivity index (χ1n) is 11.6. The highest BCUT2D eigenvalue weighted by Gasteiger charge is 2.47. The SMILES string of the molecule is CCCOc1ccc(C2/C(=C(\O)c3cc(C)cc(C)c3OC)C(=O)C(=O)N2c2ccccc2)cc1. The average Bonchev–Trinajstić information content (AvgIpc) is 3.13. The van der Waals surface area contributed by atoms with Crippen LogP contribution in [0.15, 0.2) is 72.3 Å². The number of ether oxygens (including phenoxy) is 2. The molecule has 3 aromatic rings. The van der Waals surface area contributed by atoms with Crippen LogP contribution in [-0.4, -0.2) is 30.5 Å². The van der Waals surface area contributed by atoms with Crippen LogP contribution in [0, 0.1) is 13.8 Å². The molecule has 0 saturated carbocycles. The van der Waals surface area contributed by atoms with E-state index >= 15 is 0 Å². The summed E-state index contributed by atoms with van der Waals surface area (Å²) in [5.74, 6) is -0.549. The first-order valence-corrected chi connectivity index (χ1v) is 11.6. The molecule has 1 amide bonds. The molecule has 1 saturated heterocycles. The monoisotopic (exact) mass is 471 g/mol. The maximum absolute atomic E-state index is 13.4. The number of aliphatic hydroxyl groups excluding tert-OH is 1. The van der Waals surface area contributed by atoms with Crippen molar-refractivity contribution in [3.8, 4) is 11.5 Å². The molecule has 0 aliphatic carbocycles. The first kappa shape index (κ1) is 24.1. The van der Waals surface area contributed by atoms with Gasteiger partial charge in [-0.15, -0.1) is 0 Å². The van der Waals surface area contributed by atoms with Crippen molar-refractivity contribution in [1.29, 1.82) is 0 Å². The first-order chi connectivity index (χ1) is 16.9. The highest BCUT2D eigenvalue weighted by molar-refractivity contribution is 6.51. The van der Waals surface area contributed by atoms with Gasteiger partial charge in [-0.05, 0) is 67.3 Å². The second-order valence-corrected chi connectivity index (χ2v) is 8.58. The summed E-state index contributed by atoms with van der Waals surface area (Å²) >= 11 is 0. The molecule has 1 unspecified atom stereocenters. The van der Waals surface area contributed by atoms with Gasteiger partial charge < -0.3 is 14.6 Å². The standard InChI is InChI=1S/C29H29NO5/c1-5-15-35-22-13-11-20(12-14-22)25-24(26(31)23-17-18(2)16-19(3)28(23)34-4)27(32)29(33)30(25)21-9-7-6-8-10-21/h6-14,16-17,25,31H,5,15H2,1-4H3/b26-24+. The van der Waals surface area contributed by atoms with Crippen molar-refractivity contribution in [1.82, 2.24) is 0 Å². The summed E-state index contributed by atoms with van der Waals surface area (Å²) in [6, 6.07) is 19.1. The summed E-state index contributed by atoms with van der Waals surface area (Å²) in [5.41, 5.74) is 3.36. The van der Waals surface area contributed by atoms with Crippen LogP contribution >= 0.6 is 0 Å². The zero-order chi connectivity index (χ0) is 25.1. The number of rotatable bonds is 7. The molecule has 1 aliphatic rings. The molecule has 35 heavy (non-hydrogen) atoms. The molecule has 1 heterocycles. The summed E-state index contributed by atoms with van der Waals surface area (Å²) in [6.07, 6.45) is 0.883. The molecule has 0 radical (unpaired) electrons. The number of Topliss-reactive ketones (excluding diaryl/α,β-unsaturated/α-hetero) is 1. The van der Waals surface area contributed by atoms with Crippen molar-refractivity contribution in [3.05, 3.63) is 94.6 Å². The van der Waals surface area contributed by atoms with Crippen LogP contribution in [0.5, 0.6) is 11.5 Å². The minimum absolute atomic E-state index is 0.0179. The number of aliphatic hydroxyl groups is 1. The molecule has 1 aliphatic heterocycles. The smallest absolute Gasteiger partial charge is 0.300 e. The molecule has 1 atom stereocenters. The Kier molecular flexibility index (Phi) is 6.92. The summed E-state index contributed by atoms with van der Waals surface area (Å²) in [4.78, 5) is 28.1. The molecule has 6 heteroatoms. The zero-order valence-corrected chi connectivity index (χ0v) is 20.4. The number of nitrogens with zero attached hydrogens (tertiary/aromatic N) is 1. The van der Waals surface area contributed by atoms with Gasteiger partial charge in [0.2, 0.25) is 0 Å². The van der Waals surface area contributed by atoms with E-state index in [1.807, 2.05) is 57.2 Å². The third-order valence-corrected chi connectivity index (χ3v) is 6.03. The molecule has 0 bridgehead atoms. The highest BCUT2D eigenvalue weighted by Crippen LogP contribution is 2.44. The number of amides is 1. The van der Waals surface area contributed by atoms with Crippen LogP contribution in [0.3, 0.4) is 0 Å². The second-order valence-electron chi connectivity index (χ2n) is 8.58. The van der Waals surface area contributed by atoms with Crippen molar-refractivity contribution in [2.45, 2.75) is 33.2 Å². The number of anilines is 1. The lowest BCUT2D eigenvalue weighted by Crippen LogP contribution is -2.29. The fourth-order valence-corrected chi connectivity index (χ4v) is 4.52. The Bertz CT molecular complexity index is 1280. The fraction of sp³-hybridized carbons (Fsp3) is 0.241. The lowest BCUT2D eigenvalue weighted by molar-refractivity contribution is -0.132. The number of para-hydroxylation sites is 1. The summed E-state index contributed by atoms with van der Waals surface area (Å²) < 4.78 is 11.3. The number of carbonyl (C=O) groups excluding carboxylic acids is 2. The zero-order valence-electron chi connectivity index (χ0n) is 20.4. The molecule has 1 fully saturated rings.